The van der Waals surface area contributed by atoms with Gasteiger partial charge in [0, 0.05) is 24.2 Å². The topological polar surface area (TPSA) is 77.6 Å². The average molecular weight is 442 g/mol. The third-order valence-corrected chi connectivity index (χ3v) is 4.68. The molecule has 0 radical (unpaired) electrons. The number of hydrogen-bond acceptors (Lipinski definition) is 5. The number of benzene rings is 1. The number of nitrogens with two attached hydrogens (primary N) is 1. The highest BCUT2D eigenvalue weighted by Crippen LogP contribution is 2.31. The fraction of sp³-hybridized carbons (Fsp3) is 0.353. The molecule has 0 saturated carbocycles. The van der Waals surface area contributed by atoms with E-state index >= 15 is 0 Å². The summed E-state index contributed by atoms with van der Waals surface area (Å²) in [7, 11) is 0. The normalized spacial score (nSPS) is 18.4. The number of ether oxygens (including phenoxy) is 2. The molecule has 1 aromatic heterocycles. The summed E-state index contributed by atoms with van der Waals surface area (Å²) in [6.45, 7) is 1.29. The lowest BCUT2D eigenvalue weighted by atomic mass is 9.98. The molecule has 1 aliphatic rings. The van der Waals surface area contributed by atoms with Crippen LogP contribution in [0.2, 0.25) is 10.0 Å². The largest absolute Gasteiger partial charge is 0.472 e. The Hall–Kier alpha value is -0.790. The Morgan fingerprint density at radius 3 is 2.46 bits per heavy atom. The molecule has 3 unspecified atom stereocenters. The van der Waals surface area contributed by atoms with Crippen molar-refractivity contribution in [3.63, 3.8) is 0 Å². The van der Waals surface area contributed by atoms with Gasteiger partial charge in [-0.3, -0.25) is 0 Å². The quantitative estimate of drug-likeness (QED) is 0.729. The van der Waals surface area contributed by atoms with Gasteiger partial charge in [-0.1, -0.05) is 29.3 Å². The van der Waals surface area contributed by atoms with Crippen molar-refractivity contribution in [3.8, 4) is 5.88 Å². The third-order valence-electron chi connectivity index (χ3n) is 3.94. The number of rotatable bonds is 5. The molecule has 0 aliphatic carbocycles. The van der Waals surface area contributed by atoms with Crippen LogP contribution in [0.3, 0.4) is 0 Å². The van der Waals surface area contributed by atoms with Gasteiger partial charge < -0.3 is 20.3 Å². The molecule has 3 N–H and O–H groups in total. The summed E-state index contributed by atoms with van der Waals surface area (Å²) in [6.07, 6.45) is 1.53. The van der Waals surface area contributed by atoms with E-state index in [4.69, 9.17) is 38.4 Å². The van der Waals surface area contributed by atoms with Crippen LogP contribution in [0.4, 0.5) is 0 Å². The zero-order valence-corrected chi connectivity index (χ0v) is 16.8. The third kappa shape index (κ3) is 5.60. The van der Waals surface area contributed by atoms with E-state index in [2.05, 4.69) is 4.98 Å². The number of aromatic nitrogens is 1. The molecule has 9 heteroatoms. The van der Waals surface area contributed by atoms with Crippen LogP contribution in [0.1, 0.15) is 29.7 Å². The highest BCUT2D eigenvalue weighted by molar-refractivity contribution is 6.42. The SMILES string of the molecule is Cl.Cl.NC(c1ccc(Cl)c(Cl)c1)C(O)c1ccc(OC2CCOC2)nc1. The van der Waals surface area contributed by atoms with Crippen LogP contribution in [0.25, 0.3) is 0 Å². The molecule has 2 aromatic rings. The van der Waals surface area contributed by atoms with Crippen LogP contribution in [-0.2, 0) is 4.74 Å². The van der Waals surface area contributed by atoms with Gasteiger partial charge in [-0.15, -0.1) is 24.8 Å². The first-order chi connectivity index (χ1) is 11.5. The van der Waals surface area contributed by atoms with Gasteiger partial charge in [0.2, 0.25) is 5.88 Å². The Kier molecular flexibility index (Phi) is 9.41. The van der Waals surface area contributed by atoms with Gasteiger partial charge in [0.15, 0.2) is 0 Å². The van der Waals surface area contributed by atoms with Crippen LogP contribution in [-0.4, -0.2) is 29.4 Å². The number of nitrogens with zero attached hydrogens (tertiary/aromatic N) is 1. The Balaban J connectivity index is 0.00000169. The molecule has 0 amide bonds. The molecule has 1 fully saturated rings. The van der Waals surface area contributed by atoms with Crippen LogP contribution in [0.5, 0.6) is 5.88 Å². The van der Waals surface area contributed by atoms with Crippen molar-refractivity contribution < 1.29 is 14.6 Å². The zero-order chi connectivity index (χ0) is 17.1. The average Bonchev–Trinajstić information content (AvgIpc) is 3.10. The molecular formula is C17H20Cl4N2O3. The van der Waals surface area contributed by atoms with Gasteiger partial charge in [0.05, 0.1) is 35.4 Å². The second-order valence-corrected chi connectivity index (χ2v) is 6.49. The van der Waals surface area contributed by atoms with E-state index in [1.54, 1.807) is 36.5 Å². The standard InChI is InChI=1S/C17H18Cl2N2O3.2ClH/c18-13-3-1-10(7-14(13)19)16(20)17(22)11-2-4-15(21-8-11)24-12-5-6-23-9-12;;/h1-4,7-8,12,16-17,22H,5-6,9,20H2;2*1H. The maximum absolute atomic E-state index is 10.5. The van der Waals surface area contributed by atoms with Crippen molar-refractivity contribution in [1.82, 2.24) is 4.98 Å². The molecule has 1 aliphatic heterocycles. The molecular weight excluding hydrogens is 422 g/mol. The molecule has 0 bridgehead atoms. The molecule has 0 spiro atoms. The predicted octanol–water partition coefficient (Wildman–Crippen LogP) is 4.13. The first kappa shape index (κ1) is 23.2. The van der Waals surface area contributed by atoms with Crippen LogP contribution < -0.4 is 10.5 Å². The fourth-order valence-corrected chi connectivity index (χ4v) is 2.83. The van der Waals surface area contributed by atoms with Crippen molar-refractivity contribution in [3.05, 3.63) is 57.7 Å². The minimum Gasteiger partial charge on any atom is -0.472 e. The highest BCUT2D eigenvalue weighted by Gasteiger charge is 2.21. The lowest BCUT2D eigenvalue weighted by molar-refractivity contribution is 0.136. The molecule has 1 saturated heterocycles. The maximum atomic E-state index is 10.5. The van der Waals surface area contributed by atoms with Crippen molar-refractivity contribution in [2.75, 3.05) is 13.2 Å². The van der Waals surface area contributed by atoms with Gasteiger partial charge in [0.1, 0.15) is 6.10 Å². The lowest BCUT2D eigenvalue weighted by Gasteiger charge is -2.20. The Bertz CT molecular complexity index is 697. The summed E-state index contributed by atoms with van der Waals surface area (Å²) in [5.74, 6) is 0.504. The second kappa shape index (κ2) is 10.5. The van der Waals surface area contributed by atoms with Gasteiger partial charge in [0.25, 0.3) is 0 Å². The molecule has 2 heterocycles. The zero-order valence-electron chi connectivity index (χ0n) is 13.7. The molecule has 26 heavy (non-hydrogen) atoms. The number of aliphatic hydroxyl groups excluding tert-OH is 1. The minimum absolute atomic E-state index is 0. The van der Waals surface area contributed by atoms with Crippen LogP contribution in [0, 0.1) is 0 Å². The number of pyridine rings is 1. The van der Waals surface area contributed by atoms with Crippen molar-refractivity contribution in [2.45, 2.75) is 24.7 Å². The van der Waals surface area contributed by atoms with Crippen molar-refractivity contribution in [2.24, 2.45) is 5.73 Å². The smallest absolute Gasteiger partial charge is 0.213 e. The van der Waals surface area contributed by atoms with E-state index in [0.717, 1.165) is 6.42 Å². The van der Waals surface area contributed by atoms with Crippen molar-refractivity contribution in [1.29, 1.82) is 0 Å². The Labute approximate surface area is 174 Å². The van der Waals surface area contributed by atoms with Gasteiger partial charge in [-0.25, -0.2) is 4.98 Å². The van der Waals surface area contributed by atoms with Crippen LogP contribution >= 0.6 is 48.0 Å². The first-order valence-electron chi connectivity index (χ1n) is 7.63. The second-order valence-electron chi connectivity index (χ2n) is 5.68. The molecule has 3 rings (SSSR count). The van der Waals surface area contributed by atoms with E-state index in [-0.39, 0.29) is 30.9 Å². The molecule has 3 atom stereocenters. The summed E-state index contributed by atoms with van der Waals surface area (Å²) in [6, 6.07) is 7.88. The highest BCUT2D eigenvalue weighted by atomic mass is 35.5. The van der Waals surface area contributed by atoms with Gasteiger partial charge in [-0.2, -0.15) is 0 Å². The molecule has 1 aromatic carbocycles. The summed E-state index contributed by atoms with van der Waals surface area (Å²) in [4.78, 5) is 4.23. The predicted molar refractivity (Wildman–Crippen MR) is 107 cm³/mol. The van der Waals surface area contributed by atoms with E-state index in [1.165, 1.54) is 0 Å². The molecule has 144 valence electrons. The monoisotopic (exact) mass is 440 g/mol. The van der Waals surface area contributed by atoms with E-state index in [1.807, 2.05) is 0 Å². The number of hydrogen-bond donors (Lipinski definition) is 2. The summed E-state index contributed by atoms with van der Waals surface area (Å²) >= 11 is 11.9. The van der Waals surface area contributed by atoms with Gasteiger partial charge in [-0.05, 0) is 23.8 Å². The van der Waals surface area contributed by atoms with Crippen LogP contribution in [0.15, 0.2) is 36.5 Å². The maximum Gasteiger partial charge on any atom is 0.213 e. The summed E-state index contributed by atoms with van der Waals surface area (Å²) in [5.41, 5.74) is 7.43. The number of aliphatic hydroxyl groups is 1. The Morgan fingerprint density at radius 1 is 1.15 bits per heavy atom. The molecule has 5 nitrogen and oxygen atoms in total. The van der Waals surface area contributed by atoms with E-state index < -0.39 is 12.1 Å². The first-order valence-corrected chi connectivity index (χ1v) is 8.39. The van der Waals surface area contributed by atoms with E-state index in [9.17, 15) is 5.11 Å². The summed E-state index contributed by atoms with van der Waals surface area (Å²) in [5, 5.41) is 11.3. The fourth-order valence-electron chi connectivity index (χ4n) is 2.52. The Morgan fingerprint density at radius 2 is 1.88 bits per heavy atom. The minimum atomic E-state index is -0.918. The van der Waals surface area contributed by atoms with Crippen molar-refractivity contribution >= 4 is 48.0 Å². The summed E-state index contributed by atoms with van der Waals surface area (Å²) < 4.78 is 11.0. The van der Waals surface area contributed by atoms with E-state index in [0.29, 0.717) is 40.3 Å². The van der Waals surface area contributed by atoms with Gasteiger partial charge >= 0.3 is 0 Å². The number of halogens is 4. The lowest BCUT2D eigenvalue weighted by Crippen LogP contribution is -2.20.